The number of ether oxygens (including phenoxy) is 1. The Hall–Kier alpha value is -2.11. The number of nitrogens with zero attached hydrogens (tertiary/aromatic N) is 2. The molecule has 2 atom stereocenters. The lowest BCUT2D eigenvalue weighted by atomic mass is 10.0. The molecular weight excluding hydrogens is 428 g/mol. The standard InChI is InChI=1S/C28H48N2O4/c1-5-7-9-11-13-15-19-24(3)29(25(4)20-16-14-12-10-8-6-2)28(31)34-23-26-21-17-18-22-27(26)30(32)33/h17-18,21-22,24-25H,5-16,19-20,23H2,1-4H3. The summed E-state index contributed by atoms with van der Waals surface area (Å²) in [6.45, 7) is 8.58. The predicted molar refractivity (Wildman–Crippen MR) is 140 cm³/mol. The Balaban J connectivity index is 2.70. The van der Waals surface area contributed by atoms with Crippen molar-refractivity contribution < 1.29 is 14.5 Å². The summed E-state index contributed by atoms with van der Waals surface area (Å²) in [7, 11) is 0. The van der Waals surface area contributed by atoms with Crippen molar-refractivity contribution in [3.8, 4) is 0 Å². The highest BCUT2D eigenvalue weighted by Gasteiger charge is 2.27. The number of rotatable bonds is 19. The van der Waals surface area contributed by atoms with Crippen LogP contribution in [0.1, 0.15) is 123 Å². The van der Waals surface area contributed by atoms with E-state index in [9.17, 15) is 14.9 Å². The minimum atomic E-state index is -0.427. The van der Waals surface area contributed by atoms with Crippen molar-refractivity contribution in [2.24, 2.45) is 0 Å². The van der Waals surface area contributed by atoms with Crippen LogP contribution in [-0.2, 0) is 11.3 Å². The molecule has 0 spiro atoms. The van der Waals surface area contributed by atoms with Gasteiger partial charge in [-0.2, -0.15) is 0 Å². The van der Waals surface area contributed by atoms with Crippen LogP contribution in [0.5, 0.6) is 0 Å². The number of unbranched alkanes of at least 4 members (excludes halogenated alkanes) is 10. The second kappa shape index (κ2) is 18.2. The highest BCUT2D eigenvalue weighted by atomic mass is 16.6. The van der Waals surface area contributed by atoms with Crippen LogP contribution in [0.4, 0.5) is 10.5 Å². The van der Waals surface area contributed by atoms with Crippen molar-refractivity contribution in [1.29, 1.82) is 0 Å². The summed E-state index contributed by atoms with van der Waals surface area (Å²) in [5.74, 6) is 0. The van der Waals surface area contributed by atoms with Gasteiger partial charge < -0.3 is 9.64 Å². The Kier molecular flexibility index (Phi) is 16.1. The lowest BCUT2D eigenvalue weighted by Gasteiger charge is -2.34. The molecule has 0 aliphatic rings. The zero-order valence-corrected chi connectivity index (χ0v) is 22.1. The quantitative estimate of drug-likeness (QED) is 0.114. The summed E-state index contributed by atoms with van der Waals surface area (Å²) < 4.78 is 5.62. The third-order valence-corrected chi connectivity index (χ3v) is 6.65. The van der Waals surface area contributed by atoms with E-state index in [1.807, 2.05) is 4.90 Å². The molecule has 0 aromatic heterocycles. The van der Waals surface area contributed by atoms with E-state index in [0.29, 0.717) is 5.56 Å². The molecule has 0 aliphatic heterocycles. The van der Waals surface area contributed by atoms with Gasteiger partial charge in [0.25, 0.3) is 5.69 Å². The molecule has 0 fully saturated rings. The largest absolute Gasteiger partial charge is 0.444 e. The molecule has 0 radical (unpaired) electrons. The Morgan fingerprint density at radius 3 is 1.82 bits per heavy atom. The molecule has 1 amide bonds. The zero-order valence-electron chi connectivity index (χ0n) is 22.1. The highest BCUT2D eigenvalue weighted by Crippen LogP contribution is 2.22. The number of carbonyl (C=O) groups excluding carboxylic acids is 1. The molecule has 0 saturated carbocycles. The first-order valence-electron chi connectivity index (χ1n) is 13.6. The summed E-state index contributed by atoms with van der Waals surface area (Å²) in [5, 5.41) is 11.3. The van der Waals surface area contributed by atoms with Gasteiger partial charge in [0.2, 0.25) is 0 Å². The Labute approximate surface area is 207 Å². The van der Waals surface area contributed by atoms with E-state index in [0.717, 1.165) is 25.7 Å². The maximum absolute atomic E-state index is 13.2. The molecule has 34 heavy (non-hydrogen) atoms. The molecule has 194 valence electrons. The maximum Gasteiger partial charge on any atom is 0.410 e. The summed E-state index contributed by atoms with van der Waals surface area (Å²) >= 11 is 0. The fraction of sp³-hybridized carbons (Fsp3) is 0.750. The molecule has 0 heterocycles. The topological polar surface area (TPSA) is 72.7 Å². The molecule has 2 unspecified atom stereocenters. The molecule has 1 rings (SSSR count). The first-order chi connectivity index (χ1) is 16.4. The van der Waals surface area contributed by atoms with E-state index >= 15 is 0 Å². The summed E-state index contributed by atoms with van der Waals surface area (Å²) in [5.41, 5.74) is 0.412. The number of nitro benzene ring substituents is 1. The minimum Gasteiger partial charge on any atom is -0.444 e. The van der Waals surface area contributed by atoms with E-state index in [1.165, 1.54) is 70.3 Å². The smallest absolute Gasteiger partial charge is 0.410 e. The van der Waals surface area contributed by atoms with Crippen molar-refractivity contribution in [3.63, 3.8) is 0 Å². The average molecular weight is 477 g/mol. The van der Waals surface area contributed by atoms with Gasteiger partial charge in [-0.3, -0.25) is 10.1 Å². The van der Waals surface area contributed by atoms with Gasteiger partial charge >= 0.3 is 6.09 Å². The highest BCUT2D eigenvalue weighted by molar-refractivity contribution is 5.68. The van der Waals surface area contributed by atoms with E-state index in [-0.39, 0.29) is 30.5 Å². The lowest BCUT2D eigenvalue weighted by Crippen LogP contribution is -2.45. The van der Waals surface area contributed by atoms with Crippen LogP contribution >= 0.6 is 0 Å². The van der Waals surface area contributed by atoms with Crippen molar-refractivity contribution in [3.05, 3.63) is 39.9 Å². The monoisotopic (exact) mass is 476 g/mol. The van der Waals surface area contributed by atoms with Gasteiger partial charge in [0.15, 0.2) is 0 Å². The summed E-state index contributed by atoms with van der Waals surface area (Å²) in [4.78, 5) is 25.9. The molecule has 1 aromatic carbocycles. The first-order valence-corrected chi connectivity index (χ1v) is 13.6. The third-order valence-electron chi connectivity index (χ3n) is 6.65. The molecule has 6 heteroatoms. The molecule has 0 N–H and O–H groups in total. The number of hydrogen-bond acceptors (Lipinski definition) is 4. The zero-order chi connectivity index (χ0) is 25.2. The first kappa shape index (κ1) is 29.9. The average Bonchev–Trinajstić information content (AvgIpc) is 2.82. The van der Waals surface area contributed by atoms with Crippen LogP contribution in [-0.4, -0.2) is 28.0 Å². The van der Waals surface area contributed by atoms with Crippen LogP contribution in [0.3, 0.4) is 0 Å². The van der Waals surface area contributed by atoms with Crippen LogP contribution in [0.2, 0.25) is 0 Å². The van der Waals surface area contributed by atoms with Gasteiger partial charge in [-0.25, -0.2) is 4.79 Å². The molecule has 0 aliphatic carbocycles. The number of carbonyl (C=O) groups is 1. The van der Waals surface area contributed by atoms with Crippen molar-refractivity contribution in [2.45, 2.75) is 136 Å². The lowest BCUT2D eigenvalue weighted by molar-refractivity contribution is -0.385. The Morgan fingerprint density at radius 2 is 1.32 bits per heavy atom. The third kappa shape index (κ3) is 11.8. The molecular formula is C28H48N2O4. The van der Waals surface area contributed by atoms with E-state index in [2.05, 4.69) is 27.7 Å². The van der Waals surface area contributed by atoms with E-state index < -0.39 is 4.92 Å². The van der Waals surface area contributed by atoms with Gasteiger partial charge in [0.1, 0.15) is 6.61 Å². The molecule has 0 saturated heterocycles. The van der Waals surface area contributed by atoms with Gasteiger partial charge in [0, 0.05) is 18.2 Å². The SMILES string of the molecule is CCCCCCCCC(C)N(C(=O)OCc1ccccc1[N+](=O)[O-])C(C)CCCCCCCC. The van der Waals surface area contributed by atoms with Crippen LogP contribution in [0, 0.1) is 10.1 Å². The number of benzene rings is 1. The van der Waals surface area contributed by atoms with E-state index in [1.54, 1.807) is 18.2 Å². The number of amides is 1. The van der Waals surface area contributed by atoms with Crippen LogP contribution in [0.15, 0.2) is 24.3 Å². The van der Waals surface area contributed by atoms with Gasteiger partial charge in [-0.1, -0.05) is 103 Å². The van der Waals surface area contributed by atoms with Gasteiger partial charge in [-0.05, 0) is 32.8 Å². The van der Waals surface area contributed by atoms with Crippen molar-refractivity contribution in [1.82, 2.24) is 4.90 Å². The fourth-order valence-corrected chi connectivity index (χ4v) is 4.54. The van der Waals surface area contributed by atoms with Gasteiger partial charge in [0.05, 0.1) is 10.5 Å². The van der Waals surface area contributed by atoms with E-state index in [4.69, 9.17) is 4.74 Å². The Bertz CT molecular complexity index is 673. The number of hydrogen-bond donors (Lipinski definition) is 0. The number of para-hydroxylation sites is 1. The normalized spacial score (nSPS) is 12.8. The summed E-state index contributed by atoms with van der Waals surface area (Å²) in [6, 6.07) is 6.62. The second-order valence-corrected chi connectivity index (χ2v) is 9.66. The Morgan fingerprint density at radius 1 is 0.853 bits per heavy atom. The van der Waals surface area contributed by atoms with Crippen LogP contribution in [0.25, 0.3) is 0 Å². The second-order valence-electron chi connectivity index (χ2n) is 9.66. The van der Waals surface area contributed by atoms with Crippen LogP contribution < -0.4 is 0 Å². The summed E-state index contributed by atoms with van der Waals surface area (Å²) in [6.07, 6.45) is 16.2. The van der Waals surface area contributed by atoms with Gasteiger partial charge in [-0.15, -0.1) is 0 Å². The maximum atomic E-state index is 13.2. The fourth-order valence-electron chi connectivity index (χ4n) is 4.54. The van der Waals surface area contributed by atoms with Crippen molar-refractivity contribution >= 4 is 11.8 Å². The molecule has 6 nitrogen and oxygen atoms in total. The minimum absolute atomic E-state index is 0.0119. The number of nitro groups is 1. The molecule has 1 aromatic rings. The molecule has 0 bridgehead atoms. The van der Waals surface area contributed by atoms with Crippen molar-refractivity contribution in [2.75, 3.05) is 0 Å². The predicted octanol–water partition coefficient (Wildman–Crippen LogP) is 8.81.